The van der Waals surface area contributed by atoms with Gasteiger partial charge >= 0.3 is 0 Å². The van der Waals surface area contributed by atoms with Crippen molar-refractivity contribution in [3.8, 4) is 16.9 Å². The van der Waals surface area contributed by atoms with Gasteiger partial charge in [-0.25, -0.2) is 0 Å². The molecule has 2 aliphatic heterocycles. The van der Waals surface area contributed by atoms with Crippen LogP contribution in [-0.4, -0.2) is 44.0 Å². The molecule has 166 valence electrons. The summed E-state index contributed by atoms with van der Waals surface area (Å²) in [6, 6.07) is 11.5. The molecule has 0 bridgehead atoms. The number of carbonyl (C=O) groups is 2. The molecule has 1 atom stereocenters. The molecule has 3 aromatic carbocycles. The number of methoxy groups -OCH3 is 1. The van der Waals surface area contributed by atoms with Crippen LogP contribution < -0.4 is 20.3 Å². The van der Waals surface area contributed by atoms with Crippen LogP contribution in [0.4, 0.5) is 11.4 Å². The van der Waals surface area contributed by atoms with Gasteiger partial charge in [0.05, 0.1) is 43.0 Å². The Morgan fingerprint density at radius 2 is 1.85 bits per heavy atom. The Balaban J connectivity index is 1.86. The molecule has 6 rings (SSSR count). The van der Waals surface area contributed by atoms with Crippen molar-refractivity contribution in [2.45, 2.75) is 6.42 Å². The van der Waals surface area contributed by atoms with Crippen LogP contribution in [0.3, 0.4) is 0 Å². The van der Waals surface area contributed by atoms with Crippen LogP contribution in [0.25, 0.3) is 32.9 Å². The van der Waals surface area contributed by atoms with Crippen molar-refractivity contribution >= 4 is 56.6 Å². The van der Waals surface area contributed by atoms with Gasteiger partial charge in [-0.2, -0.15) is 0 Å². The van der Waals surface area contributed by atoms with E-state index < -0.39 is 5.91 Å². The van der Waals surface area contributed by atoms with Crippen molar-refractivity contribution in [3.05, 3.63) is 52.5 Å². The number of carbonyl (C=O) groups excluding carboxylic acids is 2. The SMILES string of the molecule is COc1ccc2c(c1)-c1c3c(c4c([nH]c5ccc(Cl)cc54)c1[N+]2(C)CCCN)C(=O)NC3=O. The van der Waals surface area contributed by atoms with Crippen molar-refractivity contribution in [1.29, 1.82) is 0 Å². The molecule has 33 heavy (non-hydrogen) atoms. The molecule has 0 saturated carbocycles. The van der Waals surface area contributed by atoms with Crippen molar-refractivity contribution in [2.24, 2.45) is 5.73 Å². The van der Waals surface area contributed by atoms with Gasteiger partial charge in [0, 0.05) is 33.8 Å². The first-order valence-electron chi connectivity index (χ1n) is 10.8. The summed E-state index contributed by atoms with van der Waals surface area (Å²) in [5.41, 5.74) is 12.1. The lowest BCUT2D eigenvalue weighted by Gasteiger charge is -2.31. The Morgan fingerprint density at radius 1 is 1.06 bits per heavy atom. The summed E-state index contributed by atoms with van der Waals surface area (Å²) in [6.45, 7) is 1.28. The van der Waals surface area contributed by atoms with Gasteiger partial charge in [0.15, 0.2) is 5.69 Å². The smallest absolute Gasteiger partial charge is 0.259 e. The Bertz CT molecular complexity index is 1540. The minimum absolute atomic E-state index is 0.384. The third-order valence-electron chi connectivity index (χ3n) is 6.97. The standard InChI is InChI=1S/C25H21ClN4O3/c1-30(9-3-8-27)17-7-5-13(33-2)11-15(17)19-21-20(24(31)29-25(21)32)18-14-10-12(26)4-6-16(14)28-22(18)23(19)30/h4-7,10-11H,3,8-9,27H2,1-2H3,(H-,28,29,31,32)/p+1. The Morgan fingerprint density at radius 3 is 2.61 bits per heavy atom. The molecule has 0 radical (unpaired) electrons. The molecule has 4 aromatic rings. The number of fused-ring (bicyclic) bond motifs is 10. The van der Waals surface area contributed by atoms with E-state index in [0.29, 0.717) is 32.9 Å². The molecule has 0 aliphatic carbocycles. The van der Waals surface area contributed by atoms with Gasteiger partial charge in [0.1, 0.15) is 17.0 Å². The van der Waals surface area contributed by atoms with Crippen LogP contribution in [-0.2, 0) is 0 Å². The van der Waals surface area contributed by atoms with E-state index in [4.69, 9.17) is 22.1 Å². The Kier molecular flexibility index (Phi) is 4.17. The zero-order valence-electron chi connectivity index (χ0n) is 18.2. The molecule has 0 spiro atoms. The van der Waals surface area contributed by atoms with E-state index in [1.807, 2.05) is 36.4 Å². The second-order valence-electron chi connectivity index (χ2n) is 8.76. The zero-order valence-corrected chi connectivity index (χ0v) is 19.0. The summed E-state index contributed by atoms with van der Waals surface area (Å²) >= 11 is 6.33. The number of aromatic nitrogens is 1. The average molecular weight is 462 g/mol. The van der Waals surface area contributed by atoms with Gasteiger partial charge in [0.2, 0.25) is 0 Å². The second kappa shape index (κ2) is 6.81. The van der Waals surface area contributed by atoms with Gasteiger partial charge in [-0.15, -0.1) is 0 Å². The molecular weight excluding hydrogens is 440 g/mol. The van der Waals surface area contributed by atoms with Crippen molar-refractivity contribution in [2.75, 3.05) is 27.2 Å². The van der Waals surface area contributed by atoms with Crippen LogP contribution in [0.5, 0.6) is 5.75 Å². The number of hydrogen-bond acceptors (Lipinski definition) is 4. The maximum Gasteiger partial charge on any atom is 0.259 e. The highest BCUT2D eigenvalue weighted by molar-refractivity contribution is 6.37. The molecule has 4 N–H and O–H groups in total. The van der Waals surface area contributed by atoms with Gasteiger partial charge in [-0.3, -0.25) is 19.4 Å². The average Bonchev–Trinajstić information content (AvgIpc) is 3.40. The molecule has 3 heterocycles. The minimum atomic E-state index is -0.392. The number of nitrogens with one attached hydrogen (secondary N) is 2. The number of halogens is 1. The molecule has 0 saturated heterocycles. The lowest BCUT2D eigenvalue weighted by molar-refractivity contribution is 0.0880. The van der Waals surface area contributed by atoms with Crippen LogP contribution in [0.2, 0.25) is 5.02 Å². The summed E-state index contributed by atoms with van der Waals surface area (Å²) in [7, 11) is 3.75. The lowest BCUT2D eigenvalue weighted by Crippen LogP contribution is -2.40. The molecule has 1 aromatic heterocycles. The first kappa shape index (κ1) is 20.2. The Hall–Kier alpha value is -3.39. The first-order valence-corrected chi connectivity index (χ1v) is 11.2. The van der Waals surface area contributed by atoms with Gasteiger partial charge in [-0.05, 0) is 36.9 Å². The van der Waals surface area contributed by atoms with E-state index in [-0.39, 0.29) is 5.91 Å². The number of imide groups is 1. The third-order valence-corrected chi connectivity index (χ3v) is 7.21. The van der Waals surface area contributed by atoms with Crippen LogP contribution in [0, 0.1) is 0 Å². The minimum Gasteiger partial charge on any atom is -0.497 e. The highest BCUT2D eigenvalue weighted by Gasteiger charge is 2.48. The van der Waals surface area contributed by atoms with E-state index in [1.54, 1.807) is 7.11 Å². The quantitative estimate of drug-likeness (QED) is 0.308. The van der Waals surface area contributed by atoms with Gasteiger partial charge in [0.25, 0.3) is 11.8 Å². The van der Waals surface area contributed by atoms with E-state index in [2.05, 4.69) is 17.3 Å². The summed E-state index contributed by atoms with van der Waals surface area (Å²) in [6.07, 6.45) is 0.789. The number of aromatic amines is 1. The molecule has 8 heteroatoms. The second-order valence-corrected chi connectivity index (χ2v) is 9.20. The highest BCUT2D eigenvalue weighted by Crippen LogP contribution is 2.59. The number of hydrogen-bond donors (Lipinski definition) is 3. The van der Waals surface area contributed by atoms with Gasteiger partial charge in [-0.1, -0.05) is 11.6 Å². The molecule has 1 unspecified atom stereocenters. The van der Waals surface area contributed by atoms with Crippen molar-refractivity contribution in [3.63, 3.8) is 0 Å². The summed E-state index contributed by atoms with van der Waals surface area (Å²) in [5.74, 6) is -0.0873. The predicted molar refractivity (Wildman–Crippen MR) is 131 cm³/mol. The maximum atomic E-state index is 13.2. The molecule has 2 amide bonds. The van der Waals surface area contributed by atoms with Crippen LogP contribution in [0.1, 0.15) is 27.1 Å². The van der Waals surface area contributed by atoms with E-state index in [0.717, 1.165) is 57.3 Å². The number of quaternary nitrogens is 1. The van der Waals surface area contributed by atoms with Crippen molar-refractivity contribution in [1.82, 2.24) is 14.8 Å². The number of H-pyrrole nitrogens is 1. The van der Waals surface area contributed by atoms with Crippen LogP contribution in [0.15, 0.2) is 36.4 Å². The Labute approximate surface area is 194 Å². The number of nitrogens with zero attached hydrogens (tertiary/aromatic N) is 1. The normalized spacial score (nSPS) is 18.5. The number of nitrogens with two attached hydrogens (primary N) is 1. The van der Waals surface area contributed by atoms with E-state index in [9.17, 15) is 9.59 Å². The fourth-order valence-corrected chi connectivity index (χ4v) is 5.74. The fourth-order valence-electron chi connectivity index (χ4n) is 5.57. The molecular formula is C25H22ClN4O3+. The summed E-state index contributed by atoms with van der Waals surface area (Å²) in [5, 5.41) is 4.63. The fraction of sp³-hybridized carbons (Fsp3) is 0.200. The number of rotatable bonds is 4. The highest BCUT2D eigenvalue weighted by atomic mass is 35.5. The predicted octanol–water partition coefficient (Wildman–Crippen LogP) is 4.46. The monoisotopic (exact) mass is 461 g/mol. The maximum absolute atomic E-state index is 13.2. The summed E-state index contributed by atoms with van der Waals surface area (Å²) < 4.78 is 5.96. The first-order chi connectivity index (χ1) is 15.9. The van der Waals surface area contributed by atoms with Crippen molar-refractivity contribution < 1.29 is 14.3 Å². The number of benzene rings is 3. The molecule has 2 aliphatic rings. The molecule has 7 nitrogen and oxygen atoms in total. The van der Waals surface area contributed by atoms with E-state index in [1.165, 1.54) is 0 Å². The largest absolute Gasteiger partial charge is 0.497 e. The zero-order chi connectivity index (χ0) is 23.1. The van der Waals surface area contributed by atoms with E-state index >= 15 is 0 Å². The topological polar surface area (TPSA) is 97.2 Å². The van der Waals surface area contributed by atoms with Crippen LogP contribution >= 0.6 is 11.6 Å². The number of amides is 2. The third kappa shape index (κ3) is 2.52. The van der Waals surface area contributed by atoms with Gasteiger partial charge < -0.3 is 15.5 Å². The molecule has 0 fully saturated rings. The summed E-state index contributed by atoms with van der Waals surface area (Å²) in [4.78, 5) is 29.8. The number of ether oxygens (including phenoxy) is 1. The lowest BCUT2D eigenvalue weighted by atomic mass is 9.92.